The molecule has 0 bridgehead atoms. The fraction of sp³-hybridized carbons (Fsp3) is 1.00. The zero-order chi connectivity index (χ0) is 13.3. The lowest BCUT2D eigenvalue weighted by Gasteiger charge is -2.30. The highest BCUT2D eigenvalue weighted by Gasteiger charge is 2.42. The van der Waals surface area contributed by atoms with Crippen molar-refractivity contribution in [3.05, 3.63) is 0 Å². The average Bonchev–Trinajstić information content (AvgIpc) is 2.38. The maximum Gasteiger partial charge on any atom is 0.216 e. The van der Waals surface area contributed by atoms with E-state index in [1.807, 2.05) is 27.7 Å². The molecule has 1 heterocycles. The Morgan fingerprint density at radius 1 is 1.41 bits per heavy atom. The summed E-state index contributed by atoms with van der Waals surface area (Å²) in [4.78, 5) is 0. The van der Waals surface area contributed by atoms with Gasteiger partial charge in [0.15, 0.2) is 0 Å². The molecule has 0 aromatic rings. The summed E-state index contributed by atoms with van der Waals surface area (Å²) in [7, 11) is -3.19. The standard InChI is InChI=1S/C12H25NO3S/c1-10(2)16-6-7-17(14,15)13-9-11(3)8-12(13,4)5/h10-11H,6-9H2,1-5H3/t11-/m0/s1. The second-order valence-electron chi connectivity index (χ2n) is 5.89. The first kappa shape index (κ1) is 14.9. The molecule has 0 saturated carbocycles. The van der Waals surface area contributed by atoms with Crippen molar-refractivity contribution >= 4 is 10.0 Å². The van der Waals surface area contributed by atoms with Crippen LogP contribution in [0.2, 0.25) is 0 Å². The van der Waals surface area contributed by atoms with Gasteiger partial charge in [-0.3, -0.25) is 0 Å². The molecule has 0 unspecified atom stereocenters. The van der Waals surface area contributed by atoms with Gasteiger partial charge in [-0.05, 0) is 40.0 Å². The van der Waals surface area contributed by atoms with E-state index in [1.165, 1.54) is 0 Å². The van der Waals surface area contributed by atoms with E-state index in [0.717, 1.165) is 6.42 Å². The molecule has 1 aliphatic heterocycles. The molecule has 1 saturated heterocycles. The maximum absolute atomic E-state index is 12.2. The third kappa shape index (κ3) is 3.93. The van der Waals surface area contributed by atoms with Gasteiger partial charge in [-0.15, -0.1) is 0 Å². The van der Waals surface area contributed by atoms with E-state index in [4.69, 9.17) is 4.74 Å². The van der Waals surface area contributed by atoms with E-state index in [1.54, 1.807) is 4.31 Å². The molecule has 1 atom stereocenters. The minimum atomic E-state index is -3.19. The Hall–Kier alpha value is -0.130. The second kappa shape index (κ2) is 5.24. The van der Waals surface area contributed by atoms with E-state index >= 15 is 0 Å². The van der Waals surface area contributed by atoms with Crippen LogP contribution in [0.4, 0.5) is 0 Å². The Balaban J connectivity index is 2.64. The molecule has 0 aromatic heterocycles. The van der Waals surface area contributed by atoms with Gasteiger partial charge in [0.2, 0.25) is 10.0 Å². The molecule has 17 heavy (non-hydrogen) atoms. The maximum atomic E-state index is 12.2. The monoisotopic (exact) mass is 263 g/mol. The van der Waals surface area contributed by atoms with Crippen LogP contribution < -0.4 is 0 Å². The van der Waals surface area contributed by atoms with Gasteiger partial charge >= 0.3 is 0 Å². The lowest BCUT2D eigenvalue weighted by molar-refractivity contribution is 0.0904. The van der Waals surface area contributed by atoms with Gasteiger partial charge in [-0.1, -0.05) is 6.92 Å². The fourth-order valence-corrected chi connectivity index (χ4v) is 4.38. The highest BCUT2D eigenvalue weighted by atomic mass is 32.2. The molecular formula is C12H25NO3S. The van der Waals surface area contributed by atoms with Gasteiger partial charge in [0.1, 0.15) is 0 Å². The summed E-state index contributed by atoms with van der Waals surface area (Å²) >= 11 is 0. The molecule has 0 N–H and O–H groups in total. The number of ether oxygens (including phenoxy) is 1. The summed E-state index contributed by atoms with van der Waals surface area (Å²) in [5, 5.41) is 0. The quantitative estimate of drug-likeness (QED) is 0.760. The van der Waals surface area contributed by atoms with Crippen molar-refractivity contribution in [3.63, 3.8) is 0 Å². The lowest BCUT2D eigenvalue weighted by atomic mass is 9.99. The summed E-state index contributed by atoms with van der Waals surface area (Å²) in [6.07, 6.45) is 1.01. The molecule has 1 aliphatic rings. The Labute approximate surface area is 105 Å². The SMILES string of the molecule is CC(C)OCCS(=O)(=O)N1C[C@@H](C)CC1(C)C. The molecule has 102 valence electrons. The second-order valence-corrected chi connectivity index (χ2v) is 7.90. The van der Waals surface area contributed by atoms with Crippen LogP contribution in [-0.2, 0) is 14.8 Å². The number of nitrogens with zero attached hydrogens (tertiary/aromatic N) is 1. The smallest absolute Gasteiger partial charge is 0.216 e. The van der Waals surface area contributed by atoms with Crippen molar-refractivity contribution in [1.82, 2.24) is 4.31 Å². The van der Waals surface area contributed by atoms with Crippen molar-refractivity contribution < 1.29 is 13.2 Å². The van der Waals surface area contributed by atoms with E-state index in [9.17, 15) is 8.42 Å². The van der Waals surface area contributed by atoms with Crippen molar-refractivity contribution in [2.75, 3.05) is 18.9 Å². The van der Waals surface area contributed by atoms with Crippen LogP contribution in [0.15, 0.2) is 0 Å². The van der Waals surface area contributed by atoms with Gasteiger partial charge in [-0.25, -0.2) is 8.42 Å². The first-order valence-electron chi connectivity index (χ1n) is 6.27. The lowest BCUT2D eigenvalue weighted by Crippen LogP contribution is -2.44. The summed E-state index contributed by atoms with van der Waals surface area (Å²) < 4.78 is 31.4. The van der Waals surface area contributed by atoms with Crippen molar-refractivity contribution in [3.8, 4) is 0 Å². The molecular weight excluding hydrogens is 238 g/mol. The van der Waals surface area contributed by atoms with E-state index in [0.29, 0.717) is 12.5 Å². The highest BCUT2D eigenvalue weighted by molar-refractivity contribution is 7.89. The predicted molar refractivity (Wildman–Crippen MR) is 69.4 cm³/mol. The topological polar surface area (TPSA) is 46.6 Å². The summed E-state index contributed by atoms with van der Waals surface area (Å²) in [5.74, 6) is 0.521. The minimum absolute atomic E-state index is 0.0794. The van der Waals surface area contributed by atoms with Crippen LogP contribution >= 0.6 is 0 Å². The van der Waals surface area contributed by atoms with Gasteiger partial charge < -0.3 is 4.74 Å². The summed E-state index contributed by atoms with van der Waals surface area (Å²) in [5.41, 5.74) is -0.254. The van der Waals surface area contributed by atoms with Crippen molar-refractivity contribution in [1.29, 1.82) is 0 Å². The number of rotatable bonds is 5. The molecule has 4 nitrogen and oxygen atoms in total. The van der Waals surface area contributed by atoms with E-state index in [-0.39, 0.29) is 24.0 Å². The Morgan fingerprint density at radius 3 is 2.41 bits per heavy atom. The predicted octanol–water partition coefficient (Wildman–Crippen LogP) is 1.86. The van der Waals surface area contributed by atoms with Crippen molar-refractivity contribution in [2.24, 2.45) is 5.92 Å². The van der Waals surface area contributed by atoms with Crippen LogP contribution in [-0.4, -0.2) is 43.3 Å². The first-order valence-corrected chi connectivity index (χ1v) is 7.88. The molecule has 0 spiro atoms. The third-order valence-corrected chi connectivity index (χ3v) is 5.13. The van der Waals surface area contributed by atoms with Gasteiger partial charge in [-0.2, -0.15) is 4.31 Å². The number of hydrogen-bond acceptors (Lipinski definition) is 3. The van der Waals surface area contributed by atoms with Gasteiger partial charge in [0.05, 0.1) is 18.5 Å². The molecule has 5 heteroatoms. The Bertz CT molecular complexity index is 349. The van der Waals surface area contributed by atoms with Crippen LogP contribution in [0.1, 0.15) is 41.0 Å². The van der Waals surface area contributed by atoms with Crippen LogP contribution in [0.3, 0.4) is 0 Å². The molecule has 0 radical (unpaired) electrons. The summed E-state index contributed by atoms with van der Waals surface area (Å²) in [6, 6.07) is 0. The van der Waals surface area contributed by atoms with Crippen LogP contribution in [0.5, 0.6) is 0 Å². The first-order chi connectivity index (χ1) is 7.65. The zero-order valence-electron chi connectivity index (χ0n) is 11.6. The normalized spacial score (nSPS) is 25.6. The van der Waals surface area contributed by atoms with E-state index in [2.05, 4.69) is 6.92 Å². The molecule has 0 aliphatic carbocycles. The molecule has 1 fully saturated rings. The van der Waals surface area contributed by atoms with Crippen LogP contribution in [0, 0.1) is 5.92 Å². The highest BCUT2D eigenvalue weighted by Crippen LogP contribution is 2.34. The molecule has 0 aromatic carbocycles. The van der Waals surface area contributed by atoms with Gasteiger partial charge in [0, 0.05) is 12.1 Å². The van der Waals surface area contributed by atoms with Crippen molar-refractivity contribution in [2.45, 2.75) is 52.7 Å². The minimum Gasteiger partial charge on any atom is -0.378 e. The Kier molecular flexibility index (Phi) is 4.60. The zero-order valence-corrected chi connectivity index (χ0v) is 12.4. The summed E-state index contributed by atoms with van der Waals surface area (Å²) in [6.45, 7) is 10.8. The molecule has 0 amide bonds. The fourth-order valence-electron chi connectivity index (χ4n) is 2.54. The van der Waals surface area contributed by atoms with Crippen LogP contribution in [0.25, 0.3) is 0 Å². The number of sulfonamides is 1. The average molecular weight is 263 g/mol. The van der Waals surface area contributed by atoms with E-state index < -0.39 is 10.0 Å². The third-order valence-electron chi connectivity index (χ3n) is 3.13. The largest absolute Gasteiger partial charge is 0.378 e. The Morgan fingerprint density at radius 2 is 2.00 bits per heavy atom. The molecule has 1 rings (SSSR count). The van der Waals surface area contributed by atoms with Gasteiger partial charge in [0.25, 0.3) is 0 Å². The number of hydrogen-bond donors (Lipinski definition) is 0.